The molecular weight excluding hydrogens is 258 g/mol. The Balaban J connectivity index is 1.62. The van der Waals surface area contributed by atoms with E-state index >= 15 is 0 Å². The second kappa shape index (κ2) is 6.33. The van der Waals surface area contributed by atoms with Gasteiger partial charge in [-0.15, -0.1) is 0 Å². The Morgan fingerprint density at radius 3 is 2.76 bits per heavy atom. The van der Waals surface area contributed by atoms with Crippen LogP contribution in [-0.4, -0.2) is 11.5 Å². The second-order valence-electron chi connectivity index (χ2n) is 6.46. The van der Waals surface area contributed by atoms with Gasteiger partial charge >= 0.3 is 0 Å². The van der Waals surface area contributed by atoms with Crippen LogP contribution in [0.2, 0.25) is 0 Å². The molecule has 0 amide bonds. The second-order valence-corrected chi connectivity index (χ2v) is 6.46. The molecule has 1 heterocycles. The third-order valence-electron chi connectivity index (χ3n) is 4.86. The zero-order valence-electron chi connectivity index (χ0n) is 12.8. The molecule has 0 atom stereocenters. The summed E-state index contributed by atoms with van der Waals surface area (Å²) in [4.78, 5) is 4.17. The van der Waals surface area contributed by atoms with Gasteiger partial charge in [-0.2, -0.15) is 0 Å². The molecule has 0 bridgehead atoms. The highest BCUT2D eigenvalue weighted by Gasteiger charge is 2.17. The predicted octanol–water partition coefficient (Wildman–Crippen LogP) is 4.45. The molecule has 3 rings (SSSR count). The molecule has 0 unspecified atom stereocenters. The van der Waals surface area contributed by atoms with Gasteiger partial charge in [-0.05, 0) is 36.5 Å². The maximum atomic E-state index is 6.02. The first-order valence-corrected chi connectivity index (χ1v) is 8.10. The fourth-order valence-electron chi connectivity index (χ4n) is 3.39. The van der Waals surface area contributed by atoms with E-state index in [2.05, 4.69) is 23.3 Å². The SMILES string of the molecule is CC1CCC(CCNc2ccc(N)c3cnccc23)CC1. The molecule has 1 aromatic heterocycles. The number of nitrogens with two attached hydrogens (primary N) is 1. The summed E-state index contributed by atoms with van der Waals surface area (Å²) in [5.74, 6) is 1.83. The number of benzene rings is 1. The van der Waals surface area contributed by atoms with E-state index in [0.717, 1.165) is 29.5 Å². The van der Waals surface area contributed by atoms with Crippen LogP contribution in [0.15, 0.2) is 30.6 Å². The molecule has 1 aliphatic carbocycles. The van der Waals surface area contributed by atoms with Crippen LogP contribution in [0.4, 0.5) is 11.4 Å². The molecular formula is C18H25N3. The summed E-state index contributed by atoms with van der Waals surface area (Å²) in [5, 5.41) is 5.79. The van der Waals surface area contributed by atoms with Crippen LogP contribution in [0.1, 0.15) is 39.0 Å². The molecule has 3 heteroatoms. The van der Waals surface area contributed by atoms with E-state index in [-0.39, 0.29) is 0 Å². The Kier molecular flexibility index (Phi) is 4.28. The Bertz CT molecular complexity index is 600. The van der Waals surface area contributed by atoms with E-state index in [1.54, 1.807) is 0 Å². The van der Waals surface area contributed by atoms with Crippen LogP contribution in [0, 0.1) is 11.8 Å². The first-order valence-electron chi connectivity index (χ1n) is 8.10. The molecule has 21 heavy (non-hydrogen) atoms. The number of aromatic nitrogens is 1. The number of pyridine rings is 1. The molecule has 1 aliphatic rings. The quantitative estimate of drug-likeness (QED) is 0.815. The lowest BCUT2D eigenvalue weighted by Gasteiger charge is -2.26. The molecule has 0 radical (unpaired) electrons. The summed E-state index contributed by atoms with van der Waals surface area (Å²) < 4.78 is 0. The molecule has 3 N–H and O–H groups in total. The third kappa shape index (κ3) is 3.29. The number of nitrogens with one attached hydrogen (secondary N) is 1. The van der Waals surface area contributed by atoms with Crippen LogP contribution in [0.3, 0.4) is 0 Å². The largest absolute Gasteiger partial charge is 0.398 e. The summed E-state index contributed by atoms with van der Waals surface area (Å²) >= 11 is 0. The lowest BCUT2D eigenvalue weighted by Crippen LogP contribution is -2.15. The molecule has 2 aromatic rings. The highest BCUT2D eigenvalue weighted by molar-refractivity contribution is 6.00. The summed E-state index contributed by atoms with van der Waals surface area (Å²) in [6, 6.07) is 6.09. The normalized spacial score (nSPS) is 22.3. The Morgan fingerprint density at radius 1 is 1.14 bits per heavy atom. The standard InChI is InChI=1S/C18H25N3/c1-13-2-4-14(5-3-13)8-11-21-18-7-6-17(19)16-12-20-10-9-15(16)18/h6-7,9-10,12-14,21H,2-5,8,11,19H2,1H3. The lowest BCUT2D eigenvalue weighted by atomic mass is 9.81. The maximum absolute atomic E-state index is 6.02. The van der Waals surface area contributed by atoms with Gasteiger partial charge in [-0.25, -0.2) is 0 Å². The summed E-state index contributed by atoms with van der Waals surface area (Å²) in [5.41, 5.74) is 7.98. The molecule has 0 aliphatic heterocycles. The smallest absolute Gasteiger partial charge is 0.0422 e. The fraction of sp³-hybridized carbons (Fsp3) is 0.500. The van der Waals surface area contributed by atoms with Crippen molar-refractivity contribution in [2.75, 3.05) is 17.6 Å². The third-order valence-corrected chi connectivity index (χ3v) is 4.86. The average Bonchev–Trinajstić information content (AvgIpc) is 2.52. The number of nitrogens with zero attached hydrogens (tertiary/aromatic N) is 1. The molecule has 0 saturated heterocycles. The minimum absolute atomic E-state index is 0.796. The van der Waals surface area contributed by atoms with E-state index in [1.165, 1.54) is 43.2 Å². The van der Waals surface area contributed by atoms with E-state index in [0.29, 0.717) is 0 Å². The van der Waals surface area contributed by atoms with Gasteiger partial charge in [0.25, 0.3) is 0 Å². The number of nitrogen functional groups attached to an aromatic ring is 1. The minimum atomic E-state index is 0.796. The van der Waals surface area contributed by atoms with Crippen LogP contribution in [-0.2, 0) is 0 Å². The van der Waals surface area contributed by atoms with Crippen molar-refractivity contribution in [3.8, 4) is 0 Å². The molecule has 1 fully saturated rings. The predicted molar refractivity (Wildman–Crippen MR) is 90.4 cm³/mol. The molecule has 3 nitrogen and oxygen atoms in total. The van der Waals surface area contributed by atoms with Crippen molar-refractivity contribution in [1.29, 1.82) is 0 Å². The van der Waals surface area contributed by atoms with E-state index in [9.17, 15) is 0 Å². The van der Waals surface area contributed by atoms with Gasteiger partial charge in [0.1, 0.15) is 0 Å². The minimum Gasteiger partial charge on any atom is -0.398 e. The fourth-order valence-corrected chi connectivity index (χ4v) is 3.39. The first-order chi connectivity index (χ1) is 10.2. The number of hydrogen-bond donors (Lipinski definition) is 2. The van der Waals surface area contributed by atoms with Gasteiger partial charge in [0, 0.05) is 41.1 Å². The van der Waals surface area contributed by atoms with Crippen molar-refractivity contribution in [2.45, 2.75) is 39.0 Å². The highest BCUT2D eigenvalue weighted by atomic mass is 14.9. The van der Waals surface area contributed by atoms with Crippen LogP contribution in [0.5, 0.6) is 0 Å². The van der Waals surface area contributed by atoms with Gasteiger partial charge in [-0.1, -0.05) is 32.6 Å². The van der Waals surface area contributed by atoms with E-state index < -0.39 is 0 Å². The molecule has 1 aromatic carbocycles. The van der Waals surface area contributed by atoms with Crippen LogP contribution in [0.25, 0.3) is 10.8 Å². The molecule has 1 saturated carbocycles. The summed E-state index contributed by atoms with van der Waals surface area (Å²) in [6.07, 6.45) is 10.5. The van der Waals surface area contributed by atoms with Gasteiger partial charge in [0.15, 0.2) is 0 Å². The highest BCUT2D eigenvalue weighted by Crippen LogP contribution is 2.31. The Labute approximate surface area is 127 Å². The summed E-state index contributed by atoms with van der Waals surface area (Å²) in [7, 11) is 0. The van der Waals surface area contributed by atoms with Crippen molar-refractivity contribution in [1.82, 2.24) is 4.98 Å². The van der Waals surface area contributed by atoms with Gasteiger partial charge in [0.05, 0.1) is 0 Å². The van der Waals surface area contributed by atoms with Gasteiger partial charge < -0.3 is 11.1 Å². The van der Waals surface area contributed by atoms with Crippen molar-refractivity contribution in [2.24, 2.45) is 11.8 Å². The average molecular weight is 283 g/mol. The first kappa shape index (κ1) is 14.2. The zero-order chi connectivity index (χ0) is 14.7. The zero-order valence-corrected chi connectivity index (χ0v) is 12.8. The lowest BCUT2D eigenvalue weighted by molar-refractivity contribution is 0.282. The van der Waals surface area contributed by atoms with E-state index in [4.69, 9.17) is 5.73 Å². The topological polar surface area (TPSA) is 50.9 Å². The van der Waals surface area contributed by atoms with Gasteiger partial charge in [0.2, 0.25) is 0 Å². The Hall–Kier alpha value is -1.77. The van der Waals surface area contributed by atoms with Crippen molar-refractivity contribution >= 4 is 22.1 Å². The maximum Gasteiger partial charge on any atom is 0.0422 e. The molecule has 112 valence electrons. The summed E-state index contributed by atoms with van der Waals surface area (Å²) in [6.45, 7) is 3.42. The monoisotopic (exact) mass is 283 g/mol. The van der Waals surface area contributed by atoms with Gasteiger partial charge in [-0.3, -0.25) is 4.98 Å². The number of anilines is 2. The molecule has 0 spiro atoms. The van der Waals surface area contributed by atoms with Crippen molar-refractivity contribution in [3.63, 3.8) is 0 Å². The van der Waals surface area contributed by atoms with Crippen molar-refractivity contribution in [3.05, 3.63) is 30.6 Å². The van der Waals surface area contributed by atoms with E-state index in [1.807, 2.05) is 24.5 Å². The number of rotatable bonds is 4. The van der Waals surface area contributed by atoms with Crippen LogP contribution < -0.4 is 11.1 Å². The Morgan fingerprint density at radius 2 is 1.95 bits per heavy atom. The number of fused-ring (bicyclic) bond motifs is 1. The van der Waals surface area contributed by atoms with Crippen molar-refractivity contribution < 1.29 is 0 Å². The van der Waals surface area contributed by atoms with Crippen LogP contribution >= 0.6 is 0 Å². The number of hydrogen-bond acceptors (Lipinski definition) is 3.